The van der Waals surface area contributed by atoms with E-state index in [9.17, 15) is 48.3 Å². The van der Waals surface area contributed by atoms with Gasteiger partial charge in [-0.15, -0.1) is 0 Å². The number of nitrogens with one attached hydrogen (secondary N) is 1. The zero-order chi connectivity index (χ0) is 79.4. The van der Waals surface area contributed by atoms with Gasteiger partial charge in [-0.05, 0) is 148 Å². The number of aryl methyl sites for hydroxylation is 2. The van der Waals surface area contributed by atoms with Crippen molar-refractivity contribution in [2.75, 3.05) is 34.4 Å². The highest BCUT2D eigenvalue weighted by Crippen LogP contribution is 2.60. The van der Waals surface area contributed by atoms with Crippen LogP contribution < -0.4 is 19.6 Å². The molecule has 16 atom stereocenters. The number of benzene rings is 2. The van der Waals surface area contributed by atoms with Crippen LogP contribution in [-0.4, -0.2) is 157 Å². The van der Waals surface area contributed by atoms with Crippen LogP contribution in [0.4, 0.5) is 0 Å². The van der Waals surface area contributed by atoms with Gasteiger partial charge in [0.15, 0.2) is 17.0 Å². The van der Waals surface area contributed by atoms with Crippen LogP contribution in [0.5, 0.6) is 17.2 Å². The minimum absolute atomic E-state index is 0.0114. The van der Waals surface area contributed by atoms with Gasteiger partial charge < -0.3 is 48.3 Å². The number of halogens is 2. The van der Waals surface area contributed by atoms with E-state index in [4.69, 9.17) is 56.6 Å². The number of carboxylic acid groups (broad SMARTS) is 1. The van der Waals surface area contributed by atoms with Gasteiger partial charge in [0.05, 0.1) is 122 Å². The molecule has 8 fully saturated rings. The van der Waals surface area contributed by atoms with E-state index in [1.54, 1.807) is 60.0 Å². The topological polar surface area (TPSA) is 316 Å². The highest BCUT2D eigenvalue weighted by atomic mass is 35.5. The third-order valence-electron chi connectivity index (χ3n) is 24.5. The molecule has 110 heavy (non-hydrogen) atoms. The third-order valence-corrected chi connectivity index (χ3v) is 25.2. The Bertz CT molecular complexity index is 4610. The van der Waals surface area contributed by atoms with E-state index in [-0.39, 0.29) is 114 Å². The van der Waals surface area contributed by atoms with Crippen LogP contribution in [0.15, 0.2) is 66.0 Å². The maximum atomic E-state index is 14.7. The molecule has 2 unspecified atom stereocenters. The number of methoxy groups -OCH3 is 3. The first-order chi connectivity index (χ1) is 52.1. The number of carbonyl (C=O) groups excluding carboxylic acids is 7. The Kier molecular flexibility index (Phi) is 23.7. The van der Waals surface area contributed by atoms with Gasteiger partial charge in [-0.1, -0.05) is 98.4 Å². The summed E-state index contributed by atoms with van der Waals surface area (Å²) in [6.45, 7) is 21.8. The number of aromatic nitrogens is 6. The molecule has 0 spiro atoms. The number of carbonyl (C=O) groups is 8. The highest BCUT2D eigenvalue weighted by Gasteiger charge is 2.63. The Balaban J connectivity index is 0.000000171. The number of amides is 2. The minimum atomic E-state index is -1.14. The maximum absolute atomic E-state index is 14.7. The average molecular weight is 1550 g/mol. The molecule has 2 aromatic carbocycles. The fourth-order valence-electron chi connectivity index (χ4n) is 17.8. The molecule has 2 N–H and O–H groups in total. The van der Waals surface area contributed by atoms with Crippen LogP contribution in [0, 0.1) is 88.8 Å². The Morgan fingerprint density at radius 2 is 1.08 bits per heavy atom. The summed E-state index contributed by atoms with van der Waals surface area (Å²) < 4.78 is 34.0. The fourth-order valence-corrected chi connectivity index (χ4v) is 18.3. The number of likely N-dealkylation sites (tertiary alicyclic amines) is 2. The molecule has 2 amide bonds. The quantitative estimate of drug-likeness (QED) is 0.0420. The minimum Gasteiger partial charge on any atom is -0.495 e. The molecule has 14 rings (SSSR count). The van der Waals surface area contributed by atoms with Gasteiger partial charge in [-0.3, -0.25) is 53.1 Å². The van der Waals surface area contributed by atoms with Gasteiger partial charge in [0.2, 0.25) is 11.8 Å². The average Bonchev–Trinajstić information content (AvgIpc) is 1.55. The van der Waals surface area contributed by atoms with Crippen molar-refractivity contribution in [3.63, 3.8) is 0 Å². The summed E-state index contributed by atoms with van der Waals surface area (Å²) in [5.74, 6) is 0.00668. The molecular weight excluding hydrogens is 1450 g/mol. The molecule has 26 heteroatoms. The third kappa shape index (κ3) is 17.4. The summed E-state index contributed by atoms with van der Waals surface area (Å²) >= 11 is 13.1. The van der Waals surface area contributed by atoms with Crippen molar-refractivity contribution in [1.82, 2.24) is 39.7 Å². The summed E-state index contributed by atoms with van der Waals surface area (Å²) in [6.07, 6.45) is 14.9. The summed E-state index contributed by atoms with van der Waals surface area (Å²) in [5, 5.41) is 11.9. The largest absolute Gasteiger partial charge is 0.495 e. The number of pyridine rings is 2. The molecule has 0 radical (unpaired) electrons. The van der Waals surface area contributed by atoms with Crippen LogP contribution in [0.2, 0.25) is 10.0 Å². The van der Waals surface area contributed by atoms with Crippen molar-refractivity contribution < 1.29 is 71.9 Å². The van der Waals surface area contributed by atoms with Crippen LogP contribution >= 0.6 is 23.2 Å². The number of aliphatic carboxylic acids is 1. The van der Waals surface area contributed by atoms with Crippen molar-refractivity contribution >= 4 is 92.3 Å². The van der Waals surface area contributed by atoms with E-state index in [2.05, 4.69) is 24.9 Å². The first-order valence-electron chi connectivity index (χ1n) is 38.8. The lowest BCUT2D eigenvalue weighted by atomic mass is 9.77. The van der Waals surface area contributed by atoms with Gasteiger partial charge in [-0.2, -0.15) is 0 Å². The molecule has 2 aliphatic heterocycles. The second-order valence-corrected chi connectivity index (χ2v) is 35.1. The summed E-state index contributed by atoms with van der Waals surface area (Å²) in [4.78, 5) is 148. The number of ketones is 2. The van der Waals surface area contributed by atoms with Crippen molar-refractivity contribution in [3.05, 3.63) is 92.8 Å². The monoisotopic (exact) mass is 1550 g/mol. The van der Waals surface area contributed by atoms with Crippen LogP contribution in [0.25, 0.3) is 44.6 Å². The lowest BCUT2D eigenvalue weighted by Gasteiger charge is -2.35. The number of esters is 3. The molecule has 6 heterocycles. The number of H-pyrrole nitrogens is 1. The van der Waals surface area contributed by atoms with Crippen molar-refractivity contribution in [1.29, 1.82) is 0 Å². The van der Waals surface area contributed by atoms with Crippen molar-refractivity contribution in [3.8, 4) is 40.0 Å². The van der Waals surface area contributed by atoms with E-state index in [1.807, 2.05) is 76.2 Å². The predicted molar refractivity (Wildman–Crippen MR) is 412 cm³/mol. The molecule has 24 nitrogen and oxygen atoms in total. The SMILES string of the molecule is CC[C@@H]1C[C@]1(CC(=O)[C@@H]1C[C@@H](Oc2cc(-c3cncc(C)n3)nc3c(Cl)c(OC)ccc23)CN1C(=O)[C@@H](CC(=O)OC1C[C@@H]2C[C@@H]2C1)C(C)(C)C)C(=O)O.CC[C@@H]1C[C@]1(CC(=O)[C@@H]1C[C@H](C)CN1C(=O)[C@@H](CC(=O)OC1C[C@@H]2C[C@@H]2C1)C(C)(C)C)C(=O)OC.COc1ccc2c(=O)cc(-c3cncc(C)n3)[nH]c2c1Cl. The number of carboxylic acids is 1. The summed E-state index contributed by atoms with van der Waals surface area (Å²) in [5.41, 5.74) is 1.40. The normalized spacial score (nSPS) is 27.2. The van der Waals surface area contributed by atoms with Gasteiger partial charge in [0.25, 0.3) is 0 Å². The van der Waals surface area contributed by atoms with Crippen molar-refractivity contribution in [2.45, 2.75) is 209 Å². The van der Waals surface area contributed by atoms with E-state index in [0.29, 0.717) is 117 Å². The Hall–Kier alpha value is -8.64. The molecule has 0 bridgehead atoms. The second kappa shape index (κ2) is 32.2. The molecule has 6 aromatic rings. The smallest absolute Gasteiger partial charge is 0.312 e. The lowest BCUT2D eigenvalue weighted by Crippen LogP contribution is -2.48. The zero-order valence-electron chi connectivity index (χ0n) is 65.5. The van der Waals surface area contributed by atoms with Gasteiger partial charge in [0.1, 0.15) is 57.0 Å². The highest BCUT2D eigenvalue weighted by molar-refractivity contribution is 6.37. The maximum Gasteiger partial charge on any atom is 0.312 e. The van der Waals surface area contributed by atoms with Crippen LogP contribution in [-0.2, 0) is 52.6 Å². The van der Waals surface area contributed by atoms with E-state index in [1.165, 1.54) is 45.1 Å². The number of hydrogen-bond acceptors (Lipinski definition) is 20. The number of nitrogens with zero attached hydrogens (tertiary/aromatic N) is 7. The molecule has 6 saturated carbocycles. The molecule has 2 saturated heterocycles. The summed E-state index contributed by atoms with van der Waals surface area (Å²) in [6, 6.07) is 8.60. The Labute approximate surface area is 651 Å². The predicted octanol–water partition coefficient (Wildman–Crippen LogP) is 14.0. The first-order valence-corrected chi connectivity index (χ1v) is 39.5. The van der Waals surface area contributed by atoms with Crippen LogP contribution in [0.3, 0.4) is 0 Å². The van der Waals surface area contributed by atoms with E-state index >= 15 is 0 Å². The van der Waals surface area contributed by atoms with Crippen LogP contribution in [0.1, 0.15) is 176 Å². The number of aromatic amines is 1. The number of ether oxygens (including phenoxy) is 6. The Morgan fingerprint density at radius 3 is 1.58 bits per heavy atom. The van der Waals surface area contributed by atoms with E-state index in [0.717, 1.165) is 49.6 Å². The fraction of sp³-hybridized carbons (Fsp3) is 0.595. The number of hydrogen-bond donors (Lipinski definition) is 2. The second-order valence-electron chi connectivity index (χ2n) is 34.4. The standard InChI is InChI=1S/C41H49ClN4O8.C28H43NO6.C15H12ClN3O2/c1-7-24-16-41(24,39(50)51)17-32(47)31-13-26(20-46(31)38(49)28(40(3,4)5)14-35(48)54-25-11-22-10-23(22)12-25)53-34-15-29(30-19-43-18-21(2)44-30)45-37-27(34)8-9-33(52-6)36(37)42;1-7-19-13-28(19,26(33)34-6)14-23(30)22-8-16(2)15-29(22)25(32)21(27(3,4)5)12-24(31)35-20-10-17-9-18(17)11-20;1-8-6-17-7-11(18-8)10-5-12(20)9-3-4-13(21-2)14(16)15(9)19-10/h8-9,15,18-19,22-26,28,31H,7,10-14,16-17,20H2,1-6H3,(H,50,51);16-22H,7-15H2,1-6H3;3-7H,1-2H3,(H,19,20)/t22-,23+,24-,25?,26-,28-,31+,41-;16-,17-,18+,19+,20?,21+,22-,28+;/m10./s1. The summed E-state index contributed by atoms with van der Waals surface area (Å²) in [7, 11) is 4.41. The molecule has 8 aliphatic rings. The zero-order valence-corrected chi connectivity index (χ0v) is 67.1. The number of Topliss-reactive ketones (excluding diaryl/α,β-unsaturated/α-hetero) is 2. The van der Waals surface area contributed by atoms with Gasteiger partial charge in [-0.25, -0.2) is 15.0 Å². The van der Waals surface area contributed by atoms with Gasteiger partial charge in [0, 0.05) is 61.1 Å². The molecule has 6 aliphatic carbocycles. The number of fused-ring (bicyclic) bond motifs is 4. The Morgan fingerprint density at radius 1 is 0.591 bits per heavy atom. The van der Waals surface area contributed by atoms with Crippen molar-refractivity contribution in [2.24, 2.45) is 74.9 Å². The molecule has 590 valence electrons. The molecule has 4 aromatic heterocycles. The van der Waals surface area contributed by atoms with E-state index < -0.39 is 63.6 Å². The lowest BCUT2D eigenvalue weighted by molar-refractivity contribution is -0.157. The number of rotatable bonds is 24. The van der Waals surface area contributed by atoms with Gasteiger partial charge >= 0.3 is 23.9 Å². The molecular formula is C84H104Cl2N8O16. The first kappa shape index (κ1) is 80.9.